The summed E-state index contributed by atoms with van der Waals surface area (Å²) in [6.07, 6.45) is 6.34. The summed E-state index contributed by atoms with van der Waals surface area (Å²) in [5.41, 5.74) is 1.23. The number of unbranched alkanes of at least 4 members (excludes halogenated alkanes) is 1. The van der Waals surface area contributed by atoms with Gasteiger partial charge in [0, 0.05) is 43.7 Å². The Hall–Kier alpha value is -1.43. The lowest BCUT2D eigenvalue weighted by Gasteiger charge is -2.21. The van der Waals surface area contributed by atoms with Crippen LogP contribution in [-0.2, 0) is 0 Å². The lowest BCUT2D eigenvalue weighted by molar-refractivity contribution is 0.112. The van der Waals surface area contributed by atoms with Gasteiger partial charge in [-0.25, -0.2) is 4.99 Å². The number of nitrogens with zero attached hydrogens (tertiary/aromatic N) is 3. The zero-order valence-corrected chi connectivity index (χ0v) is 19.5. The van der Waals surface area contributed by atoms with Crippen LogP contribution >= 0.6 is 11.6 Å². The van der Waals surface area contributed by atoms with Crippen molar-refractivity contribution in [3.8, 4) is 0 Å². The summed E-state index contributed by atoms with van der Waals surface area (Å²) in [6.45, 7) is 13.6. The lowest BCUT2D eigenvalue weighted by Crippen LogP contribution is -2.27. The van der Waals surface area contributed by atoms with Gasteiger partial charge < -0.3 is 15.1 Å². The number of halogens is 1. The Kier molecular flexibility index (Phi) is 13.6. The van der Waals surface area contributed by atoms with Gasteiger partial charge in [-0.05, 0) is 57.1 Å². The molecular formula is C23H39ClN4O. The molecule has 0 atom stereocenters. The molecule has 0 unspecified atom stereocenters. The zero-order valence-electron chi connectivity index (χ0n) is 18.7. The molecule has 0 saturated carbocycles. The summed E-state index contributed by atoms with van der Waals surface area (Å²) >= 11 is 5.91. The molecule has 1 saturated heterocycles. The van der Waals surface area contributed by atoms with E-state index >= 15 is 0 Å². The van der Waals surface area contributed by atoms with E-state index in [0.29, 0.717) is 16.3 Å². The van der Waals surface area contributed by atoms with Gasteiger partial charge in [0.15, 0.2) is 6.29 Å². The highest BCUT2D eigenvalue weighted by atomic mass is 35.5. The average Bonchev–Trinajstić information content (AvgIpc) is 3.01. The lowest BCUT2D eigenvalue weighted by atomic mass is 10.2. The summed E-state index contributed by atoms with van der Waals surface area (Å²) in [6, 6.07) is 5.23. The second kappa shape index (κ2) is 15.4. The Morgan fingerprint density at radius 1 is 1.24 bits per heavy atom. The van der Waals surface area contributed by atoms with Gasteiger partial charge in [-0.3, -0.25) is 4.79 Å². The van der Waals surface area contributed by atoms with Gasteiger partial charge >= 0.3 is 0 Å². The van der Waals surface area contributed by atoms with Crippen LogP contribution in [0.15, 0.2) is 23.2 Å². The number of hydrogen-bond acceptors (Lipinski definition) is 4. The fourth-order valence-electron chi connectivity index (χ4n) is 3.21. The van der Waals surface area contributed by atoms with Gasteiger partial charge in [0.25, 0.3) is 0 Å². The first-order valence-electron chi connectivity index (χ1n) is 11.0. The fraction of sp³-hybridized carbons (Fsp3) is 0.652. The maximum absolute atomic E-state index is 11.1. The Bertz CT molecular complexity index is 613. The predicted octanol–water partition coefficient (Wildman–Crippen LogP) is 5.02. The molecule has 0 bridgehead atoms. The van der Waals surface area contributed by atoms with Crippen LogP contribution in [0.3, 0.4) is 0 Å². The van der Waals surface area contributed by atoms with Crippen LogP contribution in [-0.4, -0.2) is 68.2 Å². The van der Waals surface area contributed by atoms with E-state index in [1.807, 2.05) is 0 Å². The van der Waals surface area contributed by atoms with Crippen molar-refractivity contribution in [3.05, 3.63) is 28.8 Å². The number of aliphatic imine (C=N–C) groups is 1. The van der Waals surface area contributed by atoms with Crippen LogP contribution in [0.1, 0.15) is 63.2 Å². The van der Waals surface area contributed by atoms with Crippen molar-refractivity contribution in [2.24, 2.45) is 4.99 Å². The van der Waals surface area contributed by atoms with Crippen molar-refractivity contribution < 1.29 is 4.79 Å². The SMILES string of the molecule is CCCCC(=Nc1ccc(Cl)cc1C=O)N(C)CCC.CCN1CCCNCC1. The van der Waals surface area contributed by atoms with Crippen LogP contribution in [0.25, 0.3) is 0 Å². The van der Waals surface area contributed by atoms with Crippen molar-refractivity contribution in [2.75, 3.05) is 46.3 Å². The standard InChI is InChI=1S/C16H23ClN2O.C7H16N2/c1-4-6-7-16(19(3)10-5-2)18-15-9-8-14(17)11-13(15)12-20;1-2-9-6-3-4-8-5-7-9/h8-9,11-12H,4-7,10H2,1-3H3;8H,2-7H2,1H3. The molecule has 2 rings (SSSR count). The van der Waals surface area contributed by atoms with E-state index in [4.69, 9.17) is 11.6 Å². The van der Waals surface area contributed by atoms with E-state index in [1.54, 1.807) is 18.2 Å². The highest BCUT2D eigenvalue weighted by Gasteiger charge is 2.08. The van der Waals surface area contributed by atoms with E-state index in [9.17, 15) is 4.79 Å². The van der Waals surface area contributed by atoms with E-state index in [1.165, 1.54) is 39.1 Å². The molecule has 1 N–H and O–H groups in total. The Labute approximate surface area is 182 Å². The van der Waals surface area contributed by atoms with E-state index in [0.717, 1.165) is 44.3 Å². The smallest absolute Gasteiger partial charge is 0.152 e. The molecule has 0 aromatic heterocycles. The zero-order chi connectivity index (χ0) is 21.5. The Balaban J connectivity index is 0.000000387. The molecule has 1 aliphatic heterocycles. The van der Waals surface area contributed by atoms with Crippen LogP contribution in [0.5, 0.6) is 0 Å². The number of likely N-dealkylation sites (N-methyl/N-ethyl adjacent to an activating group) is 1. The Morgan fingerprint density at radius 2 is 2.03 bits per heavy atom. The number of benzene rings is 1. The minimum Gasteiger partial charge on any atom is -0.363 e. The van der Waals surface area contributed by atoms with Crippen molar-refractivity contribution >= 4 is 29.4 Å². The van der Waals surface area contributed by atoms with E-state index in [2.05, 4.69) is 47.9 Å². The number of amidine groups is 1. The second-order valence-electron chi connectivity index (χ2n) is 7.41. The third-order valence-electron chi connectivity index (χ3n) is 5.00. The van der Waals surface area contributed by atoms with Gasteiger partial charge in [-0.2, -0.15) is 0 Å². The van der Waals surface area contributed by atoms with Crippen molar-refractivity contribution in [2.45, 2.75) is 52.9 Å². The third-order valence-corrected chi connectivity index (χ3v) is 5.23. The molecule has 0 amide bonds. The first kappa shape index (κ1) is 25.6. The number of carbonyl (C=O) groups is 1. The van der Waals surface area contributed by atoms with Gasteiger partial charge in [0.1, 0.15) is 5.84 Å². The van der Waals surface area contributed by atoms with Crippen molar-refractivity contribution in [1.82, 2.24) is 15.1 Å². The summed E-state index contributed by atoms with van der Waals surface area (Å²) < 4.78 is 0. The predicted molar refractivity (Wildman–Crippen MR) is 126 cm³/mol. The normalized spacial score (nSPS) is 15.3. The quantitative estimate of drug-likeness (QED) is 0.363. The number of carbonyl (C=O) groups excluding carboxylic acids is 1. The highest BCUT2D eigenvalue weighted by molar-refractivity contribution is 6.31. The van der Waals surface area contributed by atoms with E-state index < -0.39 is 0 Å². The summed E-state index contributed by atoms with van der Waals surface area (Å²) in [5.74, 6) is 1.03. The van der Waals surface area contributed by atoms with Gasteiger partial charge in [-0.15, -0.1) is 0 Å². The molecule has 1 aromatic rings. The van der Waals surface area contributed by atoms with Crippen LogP contribution in [0, 0.1) is 0 Å². The number of nitrogens with one attached hydrogen (secondary N) is 1. The first-order valence-corrected chi connectivity index (χ1v) is 11.4. The molecule has 0 aliphatic carbocycles. The molecule has 0 radical (unpaired) electrons. The molecule has 0 spiro atoms. The molecule has 5 nitrogen and oxygen atoms in total. The van der Waals surface area contributed by atoms with Crippen LogP contribution < -0.4 is 5.32 Å². The molecular weight excluding hydrogens is 384 g/mol. The highest BCUT2D eigenvalue weighted by Crippen LogP contribution is 2.23. The minimum absolute atomic E-state index is 0.538. The summed E-state index contributed by atoms with van der Waals surface area (Å²) in [4.78, 5) is 20.5. The van der Waals surface area contributed by atoms with Crippen molar-refractivity contribution in [3.63, 3.8) is 0 Å². The number of hydrogen-bond donors (Lipinski definition) is 1. The maximum Gasteiger partial charge on any atom is 0.152 e. The average molecular weight is 423 g/mol. The third kappa shape index (κ3) is 10.2. The van der Waals surface area contributed by atoms with Gasteiger partial charge in [0.2, 0.25) is 0 Å². The molecule has 1 fully saturated rings. The van der Waals surface area contributed by atoms with Crippen molar-refractivity contribution in [1.29, 1.82) is 0 Å². The van der Waals surface area contributed by atoms with Crippen LogP contribution in [0.2, 0.25) is 5.02 Å². The molecule has 29 heavy (non-hydrogen) atoms. The number of aldehydes is 1. The topological polar surface area (TPSA) is 47.9 Å². The molecule has 6 heteroatoms. The monoisotopic (exact) mass is 422 g/mol. The molecule has 1 heterocycles. The number of rotatable bonds is 8. The largest absolute Gasteiger partial charge is 0.363 e. The molecule has 1 aliphatic rings. The fourth-order valence-corrected chi connectivity index (χ4v) is 3.39. The van der Waals surface area contributed by atoms with Gasteiger partial charge in [-0.1, -0.05) is 38.8 Å². The first-order chi connectivity index (χ1) is 14.0. The van der Waals surface area contributed by atoms with Gasteiger partial charge in [0.05, 0.1) is 5.69 Å². The molecule has 164 valence electrons. The minimum atomic E-state index is 0.538. The molecule has 1 aromatic carbocycles. The second-order valence-corrected chi connectivity index (χ2v) is 7.85. The summed E-state index contributed by atoms with van der Waals surface area (Å²) in [7, 11) is 2.05. The van der Waals surface area contributed by atoms with Crippen LogP contribution in [0.4, 0.5) is 5.69 Å². The van der Waals surface area contributed by atoms with E-state index in [-0.39, 0.29) is 0 Å². The summed E-state index contributed by atoms with van der Waals surface area (Å²) in [5, 5.41) is 3.93. The Morgan fingerprint density at radius 3 is 2.69 bits per heavy atom. The maximum atomic E-state index is 11.1.